The van der Waals surface area contributed by atoms with Crippen LogP contribution in [0.4, 0.5) is 18.9 Å². The Kier molecular flexibility index (Phi) is 9.90. The fourth-order valence-corrected chi connectivity index (χ4v) is 2.89. The van der Waals surface area contributed by atoms with E-state index in [-0.39, 0.29) is 6.10 Å². The molecule has 0 saturated carbocycles. The van der Waals surface area contributed by atoms with Crippen molar-refractivity contribution in [3.63, 3.8) is 0 Å². The highest BCUT2D eigenvalue weighted by molar-refractivity contribution is 5.45. The van der Waals surface area contributed by atoms with Gasteiger partial charge in [-0.3, -0.25) is 0 Å². The molecule has 0 aliphatic carbocycles. The molecular weight excluding hydrogens is 347 g/mol. The zero-order chi connectivity index (χ0) is 19.6. The molecule has 1 aromatic rings. The molecule has 0 atom stereocenters. The Morgan fingerprint density at radius 3 is 2.00 bits per heavy atom. The molecule has 0 unspecified atom stereocenters. The van der Waals surface area contributed by atoms with Gasteiger partial charge in [-0.15, -0.1) is 0 Å². The number of alkyl halides is 3. The van der Waals surface area contributed by atoms with E-state index >= 15 is 0 Å². The molecule has 0 spiro atoms. The summed E-state index contributed by atoms with van der Waals surface area (Å²) < 4.78 is 36.9. The molecule has 0 aromatic carbocycles. The fraction of sp³-hybridized carbons (Fsp3) is 0.722. The number of nitrogens with zero attached hydrogens (tertiary/aromatic N) is 3. The number of rotatable bonds is 1. The number of aliphatic hydroxyl groups excluding tert-OH is 2. The number of likely N-dealkylation sites (tertiary alicyclic amines) is 1. The summed E-state index contributed by atoms with van der Waals surface area (Å²) in [6.45, 7) is 3.93. The van der Waals surface area contributed by atoms with Gasteiger partial charge in [0.25, 0.3) is 0 Å². The standard InChI is InChI=1S/C11H13F3N2.C6H13NO.CH4O/c12-11(13,14)10-5-4-9(8-15-10)16-6-2-1-3-7-16;1-7-4-2-6(8)3-5-7;1-2/h4-5,8H,1-3,6-7H2;6,8H,2-5H2,1H3;2H,1H3. The average molecular weight is 377 g/mol. The van der Waals surface area contributed by atoms with Crippen LogP contribution in [0.2, 0.25) is 0 Å². The summed E-state index contributed by atoms with van der Waals surface area (Å²) in [4.78, 5) is 7.78. The summed E-state index contributed by atoms with van der Waals surface area (Å²) in [5.74, 6) is 0. The van der Waals surface area contributed by atoms with Crippen molar-refractivity contribution in [3.05, 3.63) is 24.0 Å². The third kappa shape index (κ3) is 7.88. The first kappa shape index (κ1) is 22.7. The number of pyridine rings is 1. The highest BCUT2D eigenvalue weighted by atomic mass is 19.4. The maximum Gasteiger partial charge on any atom is 0.433 e. The van der Waals surface area contributed by atoms with Crippen LogP contribution < -0.4 is 4.90 Å². The molecule has 2 aliphatic rings. The molecule has 2 saturated heterocycles. The minimum absolute atomic E-state index is 0.0220. The number of hydrogen-bond donors (Lipinski definition) is 2. The van der Waals surface area contributed by atoms with Gasteiger partial charge in [0.2, 0.25) is 0 Å². The smallest absolute Gasteiger partial charge is 0.400 e. The third-order valence-corrected chi connectivity index (χ3v) is 4.45. The topological polar surface area (TPSA) is 59.8 Å². The molecule has 3 rings (SSSR count). The van der Waals surface area contributed by atoms with Crippen LogP contribution in [0.25, 0.3) is 0 Å². The number of piperidine rings is 2. The molecule has 0 bridgehead atoms. The number of anilines is 1. The quantitative estimate of drug-likeness (QED) is 0.788. The van der Waals surface area contributed by atoms with Crippen molar-refractivity contribution in [2.75, 3.05) is 45.2 Å². The van der Waals surface area contributed by atoms with Gasteiger partial charge in [0.15, 0.2) is 0 Å². The van der Waals surface area contributed by atoms with Crippen molar-refractivity contribution in [1.29, 1.82) is 0 Å². The molecule has 5 nitrogen and oxygen atoms in total. The Morgan fingerprint density at radius 2 is 1.58 bits per heavy atom. The van der Waals surface area contributed by atoms with Gasteiger partial charge in [-0.05, 0) is 51.3 Å². The molecule has 0 amide bonds. The number of hydrogen-bond acceptors (Lipinski definition) is 5. The predicted octanol–water partition coefficient (Wildman–Crippen LogP) is 2.77. The molecule has 0 radical (unpaired) electrons. The summed E-state index contributed by atoms with van der Waals surface area (Å²) in [5, 5.41) is 16.0. The second-order valence-electron chi connectivity index (χ2n) is 6.48. The average Bonchev–Trinajstić information content (AvgIpc) is 2.66. The van der Waals surface area contributed by atoms with E-state index in [9.17, 15) is 13.2 Å². The third-order valence-electron chi connectivity index (χ3n) is 4.45. The number of aliphatic hydroxyl groups is 2. The Hall–Kier alpha value is -1.38. The van der Waals surface area contributed by atoms with Crippen LogP contribution in [0.5, 0.6) is 0 Å². The van der Waals surface area contributed by atoms with E-state index in [1.165, 1.54) is 18.7 Å². The SMILES string of the molecule is CN1CCC(O)CC1.CO.FC(F)(F)c1ccc(N2CCCCC2)cn1. The van der Waals surface area contributed by atoms with E-state index in [0.29, 0.717) is 0 Å². The minimum atomic E-state index is -4.35. The summed E-state index contributed by atoms with van der Waals surface area (Å²) in [5.41, 5.74) is -0.0408. The lowest BCUT2D eigenvalue weighted by atomic mass is 10.1. The van der Waals surface area contributed by atoms with Gasteiger partial charge in [-0.25, -0.2) is 4.98 Å². The van der Waals surface area contributed by atoms with Crippen molar-refractivity contribution >= 4 is 5.69 Å². The molecule has 2 fully saturated rings. The van der Waals surface area contributed by atoms with Gasteiger partial charge in [0.05, 0.1) is 18.0 Å². The first-order valence-electron chi connectivity index (χ1n) is 8.96. The van der Waals surface area contributed by atoms with Gasteiger partial charge < -0.3 is 20.0 Å². The van der Waals surface area contributed by atoms with Crippen molar-refractivity contribution in [1.82, 2.24) is 9.88 Å². The Balaban J connectivity index is 0.000000284. The Morgan fingerprint density at radius 1 is 1.00 bits per heavy atom. The van der Waals surface area contributed by atoms with Crippen LogP contribution in [0.1, 0.15) is 37.8 Å². The first-order chi connectivity index (χ1) is 12.4. The Bertz CT molecular complexity index is 473. The highest BCUT2D eigenvalue weighted by Crippen LogP contribution is 2.29. The van der Waals surface area contributed by atoms with E-state index in [0.717, 1.165) is 70.7 Å². The lowest BCUT2D eigenvalue weighted by Gasteiger charge is -2.28. The monoisotopic (exact) mass is 377 g/mol. The van der Waals surface area contributed by atoms with E-state index in [4.69, 9.17) is 10.2 Å². The molecule has 1 aromatic heterocycles. The van der Waals surface area contributed by atoms with Gasteiger partial charge in [-0.2, -0.15) is 13.2 Å². The Labute approximate surface area is 153 Å². The van der Waals surface area contributed by atoms with E-state index < -0.39 is 11.9 Å². The lowest BCUT2D eigenvalue weighted by Crippen LogP contribution is -2.32. The first-order valence-corrected chi connectivity index (χ1v) is 8.96. The summed E-state index contributed by atoms with van der Waals surface area (Å²) >= 11 is 0. The van der Waals surface area contributed by atoms with Crippen molar-refractivity contribution in [2.24, 2.45) is 0 Å². The minimum Gasteiger partial charge on any atom is -0.400 e. The normalized spacial score (nSPS) is 19.1. The molecule has 2 N–H and O–H groups in total. The summed E-state index contributed by atoms with van der Waals surface area (Å²) in [6.07, 6.45) is 2.25. The van der Waals surface area contributed by atoms with E-state index in [2.05, 4.69) is 21.8 Å². The molecule has 3 heterocycles. The second-order valence-corrected chi connectivity index (χ2v) is 6.48. The zero-order valence-electron chi connectivity index (χ0n) is 15.5. The van der Waals surface area contributed by atoms with E-state index in [1.54, 1.807) is 0 Å². The zero-order valence-corrected chi connectivity index (χ0v) is 15.5. The molecule has 8 heteroatoms. The molecule has 2 aliphatic heterocycles. The molecule has 26 heavy (non-hydrogen) atoms. The van der Waals surface area contributed by atoms with Crippen LogP contribution in [-0.4, -0.2) is 66.5 Å². The maximum absolute atomic E-state index is 12.3. The van der Waals surface area contributed by atoms with Crippen LogP contribution in [0, 0.1) is 0 Å². The second kappa shape index (κ2) is 11.4. The van der Waals surface area contributed by atoms with Gasteiger partial charge in [0.1, 0.15) is 5.69 Å². The van der Waals surface area contributed by atoms with Crippen LogP contribution >= 0.6 is 0 Å². The van der Waals surface area contributed by atoms with Crippen molar-refractivity contribution < 1.29 is 23.4 Å². The summed E-state index contributed by atoms with van der Waals surface area (Å²) in [7, 11) is 3.09. The fourth-order valence-electron chi connectivity index (χ4n) is 2.89. The largest absolute Gasteiger partial charge is 0.433 e. The summed E-state index contributed by atoms with van der Waals surface area (Å²) in [6, 6.07) is 2.55. The van der Waals surface area contributed by atoms with Gasteiger partial charge in [0, 0.05) is 33.3 Å². The predicted molar refractivity (Wildman–Crippen MR) is 96.2 cm³/mol. The van der Waals surface area contributed by atoms with Crippen LogP contribution in [0.15, 0.2) is 18.3 Å². The maximum atomic E-state index is 12.3. The number of halogens is 3. The molecule has 150 valence electrons. The van der Waals surface area contributed by atoms with Crippen molar-refractivity contribution in [3.8, 4) is 0 Å². The van der Waals surface area contributed by atoms with Gasteiger partial charge >= 0.3 is 6.18 Å². The lowest BCUT2D eigenvalue weighted by molar-refractivity contribution is -0.141. The molecular formula is C18H30F3N3O2. The van der Waals surface area contributed by atoms with Crippen LogP contribution in [0.3, 0.4) is 0 Å². The number of aromatic nitrogens is 1. The van der Waals surface area contributed by atoms with Crippen LogP contribution in [-0.2, 0) is 6.18 Å². The van der Waals surface area contributed by atoms with E-state index in [1.807, 2.05) is 0 Å². The van der Waals surface area contributed by atoms with Gasteiger partial charge in [-0.1, -0.05) is 0 Å². The van der Waals surface area contributed by atoms with Crippen molar-refractivity contribution in [2.45, 2.75) is 44.4 Å². The highest BCUT2D eigenvalue weighted by Gasteiger charge is 2.32.